The maximum absolute atomic E-state index is 12.4. The van der Waals surface area contributed by atoms with Gasteiger partial charge in [-0.3, -0.25) is 24.1 Å². The molecule has 0 radical (unpaired) electrons. The lowest BCUT2D eigenvalue weighted by atomic mass is 9.85. The number of imide groups is 1. The Labute approximate surface area is 163 Å². The molecule has 1 heterocycles. The van der Waals surface area contributed by atoms with Gasteiger partial charge in [0.2, 0.25) is 11.8 Å². The van der Waals surface area contributed by atoms with Crippen molar-refractivity contribution in [3.63, 3.8) is 0 Å². The lowest BCUT2D eigenvalue weighted by molar-refractivity contribution is -0.154. The van der Waals surface area contributed by atoms with Crippen LogP contribution in [0.25, 0.3) is 0 Å². The molecule has 1 aliphatic heterocycles. The molecule has 7 heteroatoms. The minimum atomic E-state index is -0.981. The van der Waals surface area contributed by atoms with E-state index in [-0.39, 0.29) is 36.6 Å². The highest BCUT2D eigenvalue weighted by Gasteiger charge is 2.47. The van der Waals surface area contributed by atoms with Gasteiger partial charge in [0.25, 0.3) is 5.91 Å². The Morgan fingerprint density at radius 3 is 2.25 bits per heavy atom. The number of likely N-dealkylation sites (tertiary alicyclic amines) is 1. The van der Waals surface area contributed by atoms with Gasteiger partial charge in [0.05, 0.1) is 18.3 Å². The number of aryl methyl sites for hydroxylation is 1. The second kappa shape index (κ2) is 8.37. The predicted molar refractivity (Wildman–Crippen MR) is 102 cm³/mol. The van der Waals surface area contributed by atoms with Crippen LogP contribution in [0, 0.1) is 18.8 Å². The van der Waals surface area contributed by atoms with Gasteiger partial charge in [-0.1, -0.05) is 29.8 Å². The molecule has 1 aromatic rings. The third kappa shape index (κ3) is 4.30. The molecular formula is C21H24N2O5. The molecule has 0 aromatic heterocycles. The number of esters is 1. The molecule has 0 unspecified atom stereocenters. The Balaban J connectivity index is 1.47. The number of amides is 3. The topological polar surface area (TPSA) is 92.8 Å². The van der Waals surface area contributed by atoms with E-state index in [9.17, 15) is 19.2 Å². The largest absolute Gasteiger partial charge is 0.452 e. The highest BCUT2D eigenvalue weighted by Crippen LogP contribution is 2.35. The molecule has 3 atom stereocenters. The maximum atomic E-state index is 12.4. The summed E-state index contributed by atoms with van der Waals surface area (Å²) in [5.41, 5.74) is 1.68. The molecule has 148 valence electrons. The Morgan fingerprint density at radius 1 is 1.11 bits per heavy atom. The van der Waals surface area contributed by atoms with Crippen molar-refractivity contribution in [2.45, 2.75) is 39.2 Å². The number of anilines is 1. The summed E-state index contributed by atoms with van der Waals surface area (Å²) in [7, 11) is 0. The van der Waals surface area contributed by atoms with Crippen molar-refractivity contribution in [2.24, 2.45) is 11.8 Å². The molecule has 2 aliphatic rings. The fraction of sp³-hybridized carbons (Fsp3) is 0.429. The summed E-state index contributed by atoms with van der Waals surface area (Å²) in [5, 5.41) is 2.68. The van der Waals surface area contributed by atoms with Gasteiger partial charge in [-0.25, -0.2) is 0 Å². The zero-order chi connectivity index (χ0) is 20.3. The number of nitrogens with zero attached hydrogens (tertiary/aromatic N) is 1. The first kappa shape index (κ1) is 19.8. The molecule has 1 fully saturated rings. The van der Waals surface area contributed by atoms with E-state index in [2.05, 4.69) is 5.32 Å². The second-order valence-corrected chi connectivity index (χ2v) is 7.22. The van der Waals surface area contributed by atoms with E-state index in [1.807, 2.05) is 31.2 Å². The number of nitrogens with one attached hydrogen (secondary N) is 1. The molecule has 28 heavy (non-hydrogen) atoms. The lowest BCUT2D eigenvalue weighted by Crippen LogP contribution is -2.35. The van der Waals surface area contributed by atoms with Gasteiger partial charge in [-0.15, -0.1) is 0 Å². The number of rotatable bonds is 6. The highest BCUT2D eigenvalue weighted by molar-refractivity contribution is 6.05. The zero-order valence-electron chi connectivity index (χ0n) is 16.0. The second-order valence-electron chi connectivity index (χ2n) is 7.22. The molecule has 1 aromatic carbocycles. The number of hydrogen-bond acceptors (Lipinski definition) is 5. The first-order valence-corrected chi connectivity index (χ1v) is 9.44. The molecule has 0 bridgehead atoms. The molecule has 3 amide bonds. The van der Waals surface area contributed by atoms with Crippen LogP contribution in [-0.4, -0.2) is 41.2 Å². The van der Waals surface area contributed by atoms with Crippen molar-refractivity contribution >= 4 is 29.4 Å². The molecule has 7 nitrogen and oxygen atoms in total. The monoisotopic (exact) mass is 384 g/mol. The van der Waals surface area contributed by atoms with Crippen LogP contribution in [0.4, 0.5) is 5.69 Å². The van der Waals surface area contributed by atoms with Gasteiger partial charge < -0.3 is 10.1 Å². The van der Waals surface area contributed by atoms with Crippen molar-refractivity contribution in [2.75, 3.05) is 11.9 Å². The quantitative estimate of drug-likeness (QED) is 0.461. The van der Waals surface area contributed by atoms with E-state index in [1.165, 1.54) is 6.92 Å². The minimum Gasteiger partial charge on any atom is -0.452 e. The van der Waals surface area contributed by atoms with Crippen LogP contribution in [-0.2, 0) is 23.9 Å². The third-order valence-corrected chi connectivity index (χ3v) is 5.13. The first-order valence-electron chi connectivity index (χ1n) is 9.44. The molecule has 1 aliphatic carbocycles. The third-order valence-electron chi connectivity index (χ3n) is 5.13. The number of carbonyl (C=O) groups excluding carboxylic acids is 4. The van der Waals surface area contributed by atoms with Crippen molar-refractivity contribution in [3.8, 4) is 0 Å². The van der Waals surface area contributed by atoms with E-state index in [0.717, 1.165) is 10.5 Å². The average Bonchev–Trinajstić information content (AvgIpc) is 2.92. The van der Waals surface area contributed by atoms with Gasteiger partial charge in [-0.05, 0) is 38.8 Å². The summed E-state index contributed by atoms with van der Waals surface area (Å²) in [5.74, 6) is -2.14. The Hall–Kier alpha value is -2.96. The molecule has 1 N–H and O–H groups in total. The van der Waals surface area contributed by atoms with E-state index in [1.54, 1.807) is 12.1 Å². The minimum absolute atomic E-state index is 0.0181. The average molecular weight is 384 g/mol. The molecule has 0 saturated carbocycles. The van der Waals surface area contributed by atoms with Gasteiger partial charge in [0.15, 0.2) is 6.10 Å². The smallest absolute Gasteiger partial charge is 0.308 e. The first-order chi connectivity index (χ1) is 13.4. The summed E-state index contributed by atoms with van der Waals surface area (Å²) in [6.07, 6.45) is 3.84. The van der Waals surface area contributed by atoms with Crippen molar-refractivity contribution in [1.29, 1.82) is 0 Å². The van der Waals surface area contributed by atoms with Crippen molar-refractivity contribution in [3.05, 3.63) is 42.0 Å². The predicted octanol–water partition coefficient (Wildman–Crippen LogP) is 2.21. The van der Waals surface area contributed by atoms with E-state index >= 15 is 0 Å². The van der Waals surface area contributed by atoms with Crippen LogP contribution >= 0.6 is 0 Å². The number of benzene rings is 1. The summed E-state index contributed by atoms with van der Waals surface area (Å²) in [6, 6.07) is 7.26. The van der Waals surface area contributed by atoms with Crippen LogP contribution in [0.1, 0.15) is 31.7 Å². The van der Waals surface area contributed by atoms with Gasteiger partial charge >= 0.3 is 5.97 Å². The maximum Gasteiger partial charge on any atom is 0.308 e. The van der Waals surface area contributed by atoms with Gasteiger partial charge in [0, 0.05) is 12.2 Å². The van der Waals surface area contributed by atoms with Crippen LogP contribution in [0.15, 0.2) is 36.4 Å². The van der Waals surface area contributed by atoms with Crippen LogP contribution in [0.2, 0.25) is 0 Å². The van der Waals surface area contributed by atoms with Crippen molar-refractivity contribution in [1.82, 2.24) is 4.90 Å². The molecule has 1 saturated heterocycles. The van der Waals surface area contributed by atoms with E-state index in [4.69, 9.17) is 4.74 Å². The summed E-state index contributed by atoms with van der Waals surface area (Å²) < 4.78 is 5.14. The number of hydrogen-bond donors (Lipinski definition) is 1. The summed E-state index contributed by atoms with van der Waals surface area (Å²) >= 11 is 0. The fourth-order valence-electron chi connectivity index (χ4n) is 3.48. The molecule has 3 rings (SSSR count). The summed E-state index contributed by atoms with van der Waals surface area (Å²) in [4.78, 5) is 50.1. The molecule has 0 spiro atoms. The van der Waals surface area contributed by atoms with Crippen molar-refractivity contribution < 1.29 is 23.9 Å². The SMILES string of the molecule is Cc1ccc(NC(=O)[C@@H](C)OC(=O)CCN2C(=O)[C@H]3CC=CC[C@@H]3C2=O)cc1. The van der Waals surface area contributed by atoms with E-state index in [0.29, 0.717) is 18.5 Å². The molecular weight excluding hydrogens is 360 g/mol. The Kier molecular flexibility index (Phi) is 5.92. The number of carbonyl (C=O) groups is 4. The normalized spacial score (nSPS) is 22.0. The Morgan fingerprint density at radius 2 is 1.68 bits per heavy atom. The zero-order valence-corrected chi connectivity index (χ0v) is 16.0. The van der Waals surface area contributed by atoms with Crippen LogP contribution < -0.4 is 5.32 Å². The van der Waals surface area contributed by atoms with Crippen LogP contribution in [0.5, 0.6) is 0 Å². The lowest BCUT2D eigenvalue weighted by Gasteiger charge is -2.16. The van der Waals surface area contributed by atoms with E-state index < -0.39 is 18.0 Å². The van der Waals surface area contributed by atoms with Gasteiger partial charge in [-0.2, -0.15) is 0 Å². The number of fused-ring (bicyclic) bond motifs is 1. The fourth-order valence-corrected chi connectivity index (χ4v) is 3.48. The standard InChI is InChI=1S/C21H24N2O5/c1-13-7-9-15(10-8-13)22-19(25)14(2)28-18(24)11-12-23-20(26)16-5-3-4-6-17(16)21(23)27/h3-4,7-10,14,16-17H,5-6,11-12H2,1-2H3,(H,22,25)/t14-,16+,17+/m1/s1. The summed E-state index contributed by atoms with van der Waals surface area (Å²) in [6.45, 7) is 3.40. The van der Waals surface area contributed by atoms with Crippen LogP contribution in [0.3, 0.4) is 0 Å². The van der Waals surface area contributed by atoms with Gasteiger partial charge in [0.1, 0.15) is 0 Å². The number of allylic oxidation sites excluding steroid dienone is 2. The number of ether oxygens (including phenoxy) is 1. The Bertz CT molecular complexity index is 789. The highest BCUT2D eigenvalue weighted by atomic mass is 16.5.